The molecule has 0 bridgehead atoms. The molecule has 0 fully saturated rings. The average molecular weight is 264 g/mol. The number of nitrogens with zero attached hydrogens (tertiary/aromatic N) is 1. The van der Waals surface area contributed by atoms with Crippen molar-refractivity contribution in [3.05, 3.63) is 29.8 Å². The maximum absolute atomic E-state index is 5.67. The van der Waals surface area contributed by atoms with Gasteiger partial charge in [0.05, 0.1) is 6.61 Å². The largest absolute Gasteiger partial charge is 0.494 e. The number of hydrogen-bond acceptors (Lipinski definition) is 3. The molecular formula is C16H28N2O. The van der Waals surface area contributed by atoms with Crippen LogP contribution in [-0.4, -0.2) is 37.7 Å². The summed E-state index contributed by atoms with van der Waals surface area (Å²) >= 11 is 0. The molecule has 1 atom stereocenters. The van der Waals surface area contributed by atoms with E-state index >= 15 is 0 Å². The van der Waals surface area contributed by atoms with E-state index in [0.29, 0.717) is 18.7 Å². The predicted molar refractivity (Wildman–Crippen MR) is 81.8 cm³/mol. The Morgan fingerprint density at radius 2 is 1.89 bits per heavy atom. The SMILES string of the molecule is CCOc1ccccc1C(C)NCCN(C)C(C)C. The first kappa shape index (κ1) is 16.0. The van der Waals surface area contributed by atoms with Crippen molar-refractivity contribution in [3.63, 3.8) is 0 Å². The van der Waals surface area contributed by atoms with Crippen LogP contribution in [-0.2, 0) is 0 Å². The van der Waals surface area contributed by atoms with E-state index in [-0.39, 0.29) is 0 Å². The summed E-state index contributed by atoms with van der Waals surface area (Å²) in [5.41, 5.74) is 1.23. The fourth-order valence-corrected chi connectivity index (χ4v) is 1.95. The smallest absolute Gasteiger partial charge is 0.124 e. The van der Waals surface area contributed by atoms with E-state index in [2.05, 4.69) is 50.2 Å². The first-order valence-electron chi connectivity index (χ1n) is 7.21. The third-order valence-electron chi connectivity index (χ3n) is 3.48. The van der Waals surface area contributed by atoms with Crippen molar-refractivity contribution >= 4 is 0 Å². The third kappa shape index (κ3) is 5.21. The van der Waals surface area contributed by atoms with E-state index < -0.39 is 0 Å². The minimum atomic E-state index is 0.309. The number of rotatable bonds is 8. The van der Waals surface area contributed by atoms with Crippen LogP contribution in [0.3, 0.4) is 0 Å². The fourth-order valence-electron chi connectivity index (χ4n) is 1.95. The van der Waals surface area contributed by atoms with E-state index in [1.807, 2.05) is 19.1 Å². The van der Waals surface area contributed by atoms with Crippen LogP contribution in [0.4, 0.5) is 0 Å². The quantitative estimate of drug-likeness (QED) is 0.781. The summed E-state index contributed by atoms with van der Waals surface area (Å²) < 4.78 is 5.67. The summed E-state index contributed by atoms with van der Waals surface area (Å²) in [6.45, 7) is 11.4. The number of nitrogens with one attached hydrogen (secondary N) is 1. The number of ether oxygens (including phenoxy) is 1. The van der Waals surface area contributed by atoms with E-state index in [9.17, 15) is 0 Å². The normalized spacial score (nSPS) is 13.0. The molecule has 0 heterocycles. The van der Waals surface area contributed by atoms with Crippen molar-refractivity contribution in [1.29, 1.82) is 0 Å². The highest BCUT2D eigenvalue weighted by atomic mass is 16.5. The summed E-state index contributed by atoms with van der Waals surface area (Å²) in [7, 11) is 2.16. The first-order valence-corrected chi connectivity index (χ1v) is 7.21. The lowest BCUT2D eigenvalue weighted by atomic mass is 10.1. The molecule has 0 saturated carbocycles. The summed E-state index contributed by atoms with van der Waals surface area (Å²) in [5, 5.41) is 3.56. The van der Waals surface area contributed by atoms with E-state index in [0.717, 1.165) is 18.8 Å². The molecule has 0 radical (unpaired) electrons. The molecule has 0 aliphatic rings. The van der Waals surface area contributed by atoms with Gasteiger partial charge >= 0.3 is 0 Å². The Morgan fingerprint density at radius 1 is 1.21 bits per heavy atom. The number of benzene rings is 1. The molecule has 0 aliphatic heterocycles. The molecule has 0 amide bonds. The molecule has 3 nitrogen and oxygen atoms in total. The van der Waals surface area contributed by atoms with Gasteiger partial charge in [0, 0.05) is 30.7 Å². The van der Waals surface area contributed by atoms with Crippen molar-refractivity contribution in [2.45, 2.75) is 39.8 Å². The minimum absolute atomic E-state index is 0.309. The molecule has 0 aromatic heterocycles. The topological polar surface area (TPSA) is 24.5 Å². The molecule has 3 heteroatoms. The first-order chi connectivity index (χ1) is 9.06. The van der Waals surface area contributed by atoms with Crippen LogP contribution in [0.1, 0.15) is 39.3 Å². The molecule has 108 valence electrons. The lowest BCUT2D eigenvalue weighted by molar-refractivity contribution is 0.269. The summed E-state index contributed by atoms with van der Waals surface area (Å²) in [4.78, 5) is 2.34. The monoisotopic (exact) mass is 264 g/mol. The fraction of sp³-hybridized carbons (Fsp3) is 0.625. The van der Waals surface area contributed by atoms with Crippen molar-refractivity contribution in [1.82, 2.24) is 10.2 Å². The zero-order chi connectivity index (χ0) is 14.3. The van der Waals surface area contributed by atoms with Crippen molar-refractivity contribution in [3.8, 4) is 5.75 Å². The Hall–Kier alpha value is -1.06. The van der Waals surface area contributed by atoms with Crippen LogP contribution >= 0.6 is 0 Å². The highest BCUT2D eigenvalue weighted by molar-refractivity contribution is 5.35. The Labute approximate surface area is 118 Å². The van der Waals surface area contributed by atoms with Gasteiger partial charge in [-0.3, -0.25) is 0 Å². The number of para-hydroxylation sites is 1. The van der Waals surface area contributed by atoms with Crippen LogP contribution in [0.5, 0.6) is 5.75 Å². The maximum atomic E-state index is 5.67. The van der Waals surface area contributed by atoms with Gasteiger partial charge in [-0.2, -0.15) is 0 Å². The van der Waals surface area contributed by atoms with E-state index in [4.69, 9.17) is 4.74 Å². The zero-order valence-electron chi connectivity index (χ0n) is 12.9. The van der Waals surface area contributed by atoms with Gasteiger partial charge in [-0.1, -0.05) is 18.2 Å². The highest BCUT2D eigenvalue weighted by Gasteiger charge is 2.11. The number of likely N-dealkylation sites (N-methyl/N-ethyl adjacent to an activating group) is 1. The molecule has 19 heavy (non-hydrogen) atoms. The van der Waals surface area contributed by atoms with Crippen molar-refractivity contribution in [2.75, 3.05) is 26.7 Å². The molecule has 1 aromatic carbocycles. The van der Waals surface area contributed by atoms with Gasteiger partial charge in [0.15, 0.2) is 0 Å². The highest BCUT2D eigenvalue weighted by Crippen LogP contribution is 2.24. The summed E-state index contributed by atoms with van der Waals surface area (Å²) in [5.74, 6) is 0.988. The Morgan fingerprint density at radius 3 is 2.53 bits per heavy atom. The van der Waals surface area contributed by atoms with Gasteiger partial charge in [-0.05, 0) is 40.8 Å². The van der Waals surface area contributed by atoms with Gasteiger partial charge in [0.25, 0.3) is 0 Å². The van der Waals surface area contributed by atoms with Gasteiger partial charge in [0.2, 0.25) is 0 Å². The molecule has 1 N–H and O–H groups in total. The molecular weight excluding hydrogens is 236 g/mol. The molecule has 0 spiro atoms. The number of hydrogen-bond donors (Lipinski definition) is 1. The minimum Gasteiger partial charge on any atom is -0.494 e. The molecule has 0 saturated heterocycles. The Bertz CT molecular complexity index is 366. The van der Waals surface area contributed by atoms with Crippen LogP contribution in [0.15, 0.2) is 24.3 Å². The zero-order valence-corrected chi connectivity index (χ0v) is 12.9. The predicted octanol–water partition coefficient (Wildman–Crippen LogP) is 3.08. The summed E-state index contributed by atoms with van der Waals surface area (Å²) in [6.07, 6.45) is 0. The Kier molecular flexibility index (Phi) is 6.89. The lowest BCUT2D eigenvalue weighted by Gasteiger charge is -2.23. The van der Waals surface area contributed by atoms with E-state index in [1.165, 1.54) is 5.56 Å². The molecule has 1 aromatic rings. The maximum Gasteiger partial charge on any atom is 0.124 e. The van der Waals surface area contributed by atoms with Crippen molar-refractivity contribution < 1.29 is 4.74 Å². The molecule has 1 rings (SSSR count). The standard InChI is InChI=1S/C16H28N2O/c1-6-19-16-10-8-7-9-15(16)14(4)17-11-12-18(5)13(2)3/h7-10,13-14,17H,6,11-12H2,1-5H3. The second kappa shape index (κ2) is 8.18. The lowest BCUT2D eigenvalue weighted by Crippen LogP contribution is -2.34. The third-order valence-corrected chi connectivity index (χ3v) is 3.48. The average Bonchev–Trinajstić information content (AvgIpc) is 2.39. The van der Waals surface area contributed by atoms with Crippen LogP contribution in [0.25, 0.3) is 0 Å². The molecule has 0 aliphatic carbocycles. The van der Waals surface area contributed by atoms with E-state index in [1.54, 1.807) is 0 Å². The summed E-state index contributed by atoms with van der Waals surface area (Å²) in [6, 6.07) is 9.16. The van der Waals surface area contributed by atoms with Gasteiger partial charge in [0.1, 0.15) is 5.75 Å². The van der Waals surface area contributed by atoms with Gasteiger partial charge in [-0.25, -0.2) is 0 Å². The van der Waals surface area contributed by atoms with Gasteiger partial charge < -0.3 is 15.0 Å². The van der Waals surface area contributed by atoms with Crippen LogP contribution in [0.2, 0.25) is 0 Å². The second-order valence-electron chi connectivity index (χ2n) is 5.22. The molecule has 1 unspecified atom stereocenters. The van der Waals surface area contributed by atoms with Crippen molar-refractivity contribution in [2.24, 2.45) is 0 Å². The van der Waals surface area contributed by atoms with Gasteiger partial charge in [-0.15, -0.1) is 0 Å². The van der Waals surface area contributed by atoms with Crippen LogP contribution in [0, 0.1) is 0 Å². The second-order valence-corrected chi connectivity index (χ2v) is 5.22. The van der Waals surface area contributed by atoms with Crippen LogP contribution < -0.4 is 10.1 Å². The Balaban J connectivity index is 2.51.